The molecule has 122 valence electrons. The van der Waals surface area contributed by atoms with Gasteiger partial charge in [0.25, 0.3) is 5.91 Å². The summed E-state index contributed by atoms with van der Waals surface area (Å²) in [7, 11) is 0. The van der Waals surface area contributed by atoms with E-state index in [1.165, 1.54) is 12.1 Å². The second kappa shape index (κ2) is 7.70. The van der Waals surface area contributed by atoms with Crippen LogP contribution < -0.4 is 10.1 Å². The molecule has 4 nitrogen and oxygen atoms in total. The van der Waals surface area contributed by atoms with Crippen molar-refractivity contribution >= 4 is 17.2 Å². The first-order chi connectivity index (χ1) is 11.7. The largest absolute Gasteiger partial charge is 0.481 e. The molecule has 0 fully saturated rings. The lowest BCUT2D eigenvalue weighted by molar-refractivity contribution is -0.123. The number of benzene rings is 1. The van der Waals surface area contributed by atoms with E-state index in [0.29, 0.717) is 6.54 Å². The molecule has 0 aliphatic rings. The third-order valence-electron chi connectivity index (χ3n) is 3.33. The number of hydrogen-bond acceptors (Lipinski definition) is 4. The summed E-state index contributed by atoms with van der Waals surface area (Å²) in [5.74, 6) is -0.745. The number of halogens is 1. The van der Waals surface area contributed by atoms with Gasteiger partial charge in [-0.3, -0.25) is 9.78 Å². The normalized spacial score (nSPS) is 10.4. The van der Waals surface area contributed by atoms with E-state index in [2.05, 4.69) is 10.3 Å². The highest BCUT2D eigenvalue weighted by Crippen LogP contribution is 2.21. The number of hydrogen-bond donors (Lipinski definition) is 1. The summed E-state index contributed by atoms with van der Waals surface area (Å²) >= 11 is 1.62. The molecule has 0 saturated heterocycles. The van der Waals surface area contributed by atoms with Gasteiger partial charge in [-0.1, -0.05) is 12.1 Å². The monoisotopic (exact) mass is 342 g/mol. The average Bonchev–Trinajstić information content (AvgIpc) is 3.14. The fourth-order valence-electron chi connectivity index (χ4n) is 2.13. The molecule has 3 aromatic rings. The van der Waals surface area contributed by atoms with Crippen LogP contribution >= 0.6 is 11.3 Å². The van der Waals surface area contributed by atoms with Crippen molar-refractivity contribution in [3.05, 3.63) is 70.9 Å². The van der Waals surface area contributed by atoms with Crippen LogP contribution in [0.25, 0.3) is 11.1 Å². The highest BCUT2D eigenvalue weighted by Gasteiger charge is 2.07. The Morgan fingerprint density at radius 3 is 2.88 bits per heavy atom. The number of nitrogens with one attached hydrogen (secondary N) is 1. The van der Waals surface area contributed by atoms with Gasteiger partial charge in [0.2, 0.25) is 0 Å². The number of rotatable bonds is 6. The summed E-state index contributed by atoms with van der Waals surface area (Å²) in [6.07, 6.45) is 3.49. The molecule has 1 amide bonds. The molecule has 0 bridgehead atoms. The van der Waals surface area contributed by atoms with Crippen LogP contribution in [0.3, 0.4) is 0 Å². The number of pyridine rings is 1. The number of nitrogens with zero attached hydrogens (tertiary/aromatic N) is 1. The molecule has 0 aliphatic heterocycles. The van der Waals surface area contributed by atoms with Crippen molar-refractivity contribution in [2.45, 2.75) is 6.54 Å². The van der Waals surface area contributed by atoms with Crippen LogP contribution in [0.1, 0.15) is 5.56 Å². The Hall–Kier alpha value is -2.73. The smallest absolute Gasteiger partial charge is 0.258 e. The van der Waals surface area contributed by atoms with Crippen LogP contribution in [-0.2, 0) is 11.3 Å². The van der Waals surface area contributed by atoms with E-state index < -0.39 is 5.82 Å². The Morgan fingerprint density at radius 1 is 1.21 bits per heavy atom. The van der Waals surface area contributed by atoms with Crippen LogP contribution in [0.15, 0.2) is 59.6 Å². The maximum absolute atomic E-state index is 13.4. The first kappa shape index (κ1) is 16.1. The fourth-order valence-corrected chi connectivity index (χ4v) is 2.79. The standard InChI is InChI=1S/C18H15FN2O2S/c19-16-3-1-2-4-17(16)23-11-18(22)21-9-13-7-15(10-20-8-13)14-5-6-24-12-14/h1-8,10,12H,9,11H2,(H,21,22). The summed E-state index contributed by atoms with van der Waals surface area (Å²) in [6.45, 7) is 0.100. The van der Waals surface area contributed by atoms with E-state index in [-0.39, 0.29) is 18.3 Å². The Labute approximate surface area is 142 Å². The van der Waals surface area contributed by atoms with Crippen molar-refractivity contribution in [3.63, 3.8) is 0 Å². The van der Waals surface area contributed by atoms with Crippen molar-refractivity contribution in [1.82, 2.24) is 10.3 Å². The maximum Gasteiger partial charge on any atom is 0.258 e. The number of thiophene rings is 1. The number of carbonyl (C=O) groups is 1. The number of aromatic nitrogens is 1. The van der Waals surface area contributed by atoms with E-state index in [4.69, 9.17) is 4.74 Å². The van der Waals surface area contributed by atoms with E-state index in [0.717, 1.165) is 16.7 Å². The van der Waals surface area contributed by atoms with E-state index in [1.807, 2.05) is 22.9 Å². The van der Waals surface area contributed by atoms with Crippen LogP contribution in [-0.4, -0.2) is 17.5 Å². The zero-order valence-electron chi connectivity index (χ0n) is 12.7. The highest BCUT2D eigenvalue weighted by molar-refractivity contribution is 7.08. The van der Waals surface area contributed by atoms with Gasteiger partial charge < -0.3 is 10.1 Å². The van der Waals surface area contributed by atoms with Crippen molar-refractivity contribution in [2.75, 3.05) is 6.61 Å². The number of carbonyl (C=O) groups excluding carboxylic acids is 1. The van der Waals surface area contributed by atoms with Gasteiger partial charge in [0.1, 0.15) is 0 Å². The van der Waals surface area contributed by atoms with Gasteiger partial charge in [-0.25, -0.2) is 4.39 Å². The van der Waals surface area contributed by atoms with Crippen molar-refractivity contribution in [1.29, 1.82) is 0 Å². The van der Waals surface area contributed by atoms with Gasteiger partial charge in [-0.05, 0) is 46.2 Å². The second-order valence-corrected chi connectivity index (χ2v) is 5.87. The first-order valence-electron chi connectivity index (χ1n) is 7.33. The number of para-hydroxylation sites is 1. The SMILES string of the molecule is O=C(COc1ccccc1F)NCc1cncc(-c2ccsc2)c1. The van der Waals surface area contributed by atoms with Crippen LogP contribution in [0.2, 0.25) is 0 Å². The van der Waals surface area contributed by atoms with Gasteiger partial charge in [0, 0.05) is 24.5 Å². The van der Waals surface area contributed by atoms with Gasteiger partial charge in [-0.15, -0.1) is 0 Å². The quantitative estimate of drug-likeness (QED) is 0.744. The molecule has 0 unspecified atom stereocenters. The predicted molar refractivity (Wildman–Crippen MR) is 91.3 cm³/mol. The lowest BCUT2D eigenvalue weighted by Crippen LogP contribution is -2.28. The topological polar surface area (TPSA) is 51.2 Å². The van der Waals surface area contributed by atoms with Gasteiger partial charge in [-0.2, -0.15) is 11.3 Å². The third kappa shape index (κ3) is 4.17. The van der Waals surface area contributed by atoms with Crippen molar-refractivity contribution in [2.24, 2.45) is 0 Å². The summed E-state index contributed by atoms with van der Waals surface area (Å²) < 4.78 is 18.6. The molecule has 1 N–H and O–H groups in total. The lowest BCUT2D eigenvalue weighted by Gasteiger charge is -2.08. The zero-order chi connectivity index (χ0) is 16.8. The average molecular weight is 342 g/mol. The Morgan fingerprint density at radius 2 is 2.08 bits per heavy atom. The van der Waals surface area contributed by atoms with Crippen LogP contribution in [0, 0.1) is 5.82 Å². The molecular weight excluding hydrogens is 327 g/mol. The molecule has 0 aliphatic carbocycles. The highest BCUT2D eigenvalue weighted by atomic mass is 32.1. The molecule has 0 radical (unpaired) electrons. The van der Waals surface area contributed by atoms with Crippen molar-refractivity contribution < 1.29 is 13.9 Å². The molecule has 1 aromatic carbocycles. The number of amides is 1. The lowest BCUT2D eigenvalue weighted by atomic mass is 10.1. The molecular formula is C18H15FN2O2S. The number of ether oxygens (including phenoxy) is 1. The second-order valence-electron chi connectivity index (χ2n) is 5.09. The van der Waals surface area contributed by atoms with E-state index in [9.17, 15) is 9.18 Å². The van der Waals surface area contributed by atoms with E-state index in [1.54, 1.807) is 35.9 Å². The fraction of sp³-hybridized carbons (Fsp3) is 0.111. The molecule has 0 spiro atoms. The Balaban J connectivity index is 1.53. The molecule has 24 heavy (non-hydrogen) atoms. The van der Waals surface area contributed by atoms with Crippen LogP contribution in [0.5, 0.6) is 5.75 Å². The molecule has 0 saturated carbocycles. The van der Waals surface area contributed by atoms with Gasteiger partial charge in [0.05, 0.1) is 0 Å². The zero-order valence-corrected chi connectivity index (χ0v) is 13.6. The van der Waals surface area contributed by atoms with E-state index >= 15 is 0 Å². The Bertz CT molecular complexity index is 821. The minimum Gasteiger partial charge on any atom is -0.481 e. The minimum atomic E-state index is -0.488. The maximum atomic E-state index is 13.4. The Kier molecular flexibility index (Phi) is 5.18. The molecule has 2 heterocycles. The summed E-state index contributed by atoms with van der Waals surface area (Å²) in [6, 6.07) is 9.98. The molecule has 6 heteroatoms. The van der Waals surface area contributed by atoms with Crippen molar-refractivity contribution in [3.8, 4) is 16.9 Å². The molecule has 3 rings (SSSR count). The third-order valence-corrected chi connectivity index (χ3v) is 4.02. The van der Waals surface area contributed by atoms with Crippen LogP contribution in [0.4, 0.5) is 4.39 Å². The first-order valence-corrected chi connectivity index (χ1v) is 8.27. The molecule has 0 atom stereocenters. The minimum absolute atomic E-state index is 0.0637. The predicted octanol–water partition coefficient (Wildman–Crippen LogP) is 3.64. The summed E-state index contributed by atoms with van der Waals surface area (Å²) in [5, 5.41) is 6.78. The van der Waals surface area contributed by atoms with Gasteiger partial charge >= 0.3 is 0 Å². The molecule has 2 aromatic heterocycles. The summed E-state index contributed by atoms with van der Waals surface area (Å²) in [4.78, 5) is 16.0. The van der Waals surface area contributed by atoms with Gasteiger partial charge in [0.15, 0.2) is 18.2 Å². The summed E-state index contributed by atoms with van der Waals surface area (Å²) in [5.41, 5.74) is 2.99.